The van der Waals surface area contributed by atoms with E-state index in [0.29, 0.717) is 35.0 Å². The number of carbonyl (C=O) groups is 2. The standard InChI is InChI=1S/C30H25NO6/c1-35-25-17-22(14-15-24(25)37-19-20-9-4-2-5-10-20)27-26(28(32)21-11-6-3-7-12-21)29(33)30(34)31(27)18-23-13-8-16-36-23/h2-17,27,32H,18-19H2,1H3. The first-order chi connectivity index (χ1) is 18.1. The van der Waals surface area contributed by atoms with Gasteiger partial charge in [0.05, 0.1) is 31.5 Å². The second-order valence-electron chi connectivity index (χ2n) is 8.56. The predicted molar refractivity (Wildman–Crippen MR) is 137 cm³/mol. The first-order valence-corrected chi connectivity index (χ1v) is 11.8. The van der Waals surface area contributed by atoms with Crippen LogP contribution < -0.4 is 9.47 Å². The molecule has 7 nitrogen and oxygen atoms in total. The molecule has 3 aromatic carbocycles. The van der Waals surface area contributed by atoms with Gasteiger partial charge in [-0.3, -0.25) is 9.59 Å². The Balaban J connectivity index is 1.56. The lowest BCUT2D eigenvalue weighted by atomic mass is 9.95. The van der Waals surface area contributed by atoms with Gasteiger partial charge in [0.25, 0.3) is 11.7 Å². The molecule has 5 rings (SSSR count). The van der Waals surface area contributed by atoms with Crippen molar-refractivity contribution in [1.29, 1.82) is 0 Å². The third-order valence-corrected chi connectivity index (χ3v) is 6.23. The van der Waals surface area contributed by atoms with Crippen LogP contribution >= 0.6 is 0 Å². The van der Waals surface area contributed by atoms with Crippen LogP contribution in [-0.2, 0) is 22.7 Å². The van der Waals surface area contributed by atoms with Gasteiger partial charge >= 0.3 is 0 Å². The Morgan fingerprint density at radius 3 is 2.32 bits per heavy atom. The van der Waals surface area contributed by atoms with E-state index >= 15 is 0 Å². The highest BCUT2D eigenvalue weighted by atomic mass is 16.5. The number of ether oxygens (including phenoxy) is 2. The number of Topliss-reactive ketones (excluding diaryl/α,β-unsaturated/α-hetero) is 1. The maximum atomic E-state index is 13.2. The van der Waals surface area contributed by atoms with E-state index in [1.807, 2.05) is 36.4 Å². The van der Waals surface area contributed by atoms with Crippen LogP contribution in [0.3, 0.4) is 0 Å². The number of furan rings is 1. The summed E-state index contributed by atoms with van der Waals surface area (Å²) in [6.07, 6.45) is 1.51. The van der Waals surface area contributed by atoms with Gasteiger partial charge in [0.1, 0.15) is 18.1 Å². The first kappa shape index (κ1) is 23.9. The number of aliphatic hydroxyl groups is 1. The van der Waals surface area contributed by atoms with Crippen LogP contribution in [0.5, 0.6) is 11.5 Å². The minimum absolute atomic E-state index is 0.00256. The molecule has 1 N–H and O–H groups in total. The van der Waals surface area contributed by atoms with Crippen molar-refractivity contribution in [3.8, 4) is 11.5 Å². The minimum atomic E-state index is -0.859. The monoisotopic (exact) mass is 495 g/mol. The maximum Gasteiger partial charge on any atom is 0.296 e. The van der Waals surface area contributed by atoms with Crippen LogP contribution in [0.4, 0.5) is 0 Å². The molecular weight excluding hydrogens is 470 g/mol. The van der Waals surface area contributed by atoms with Crippen LogP contribution in [0.2, 0.25) is 0 Å². The summed E-state index contributed by atoms with van der Waals surface area (Å²) in [6, 6.07) is 26.3. The van der Waals surface area contributed by atoms with E-state index in [2.05, 4.69) is 0 Å². The van der Waals surface area contributed by atoms with E-state index in [1.54, 1.807) is 54.6 Å². The smallest absolute Gasteiger partial charge is 0.296 e. The molecule has 0 aliphatic carbocycles. The van der Waals surface area contributed by atoms with Crippen molar-refractivity contribution in [1.82, 2.24) is 4.90 Å². The fourth-order valence-corrected chi connectivity index (χ4v) is 4.42. The second kappa shape index (κ2) is 10.5. The molecule has 1 fully saturated rings. The van der Waals surface area contributed by atoms with Crippen LogP contribution in [0, 0.1) is 0 Å². The minimum Gasteiger partial charge on any atom is -0.507 e. The number of amides is 1. The average molecular weight is 496 g/mol. The van der Waals surface area contributed by atoms with E-state index in [-0.39, 0.29) is 17.9 Å². The molecule has 0 radical (unpaired) electrons. The molecule has 1 aromatic heterocycles. The summed E-state index contributed by atoms with van der Waals surface area (Å²) < 4.78 is 17.0. The molecule has 0 spiro atoms. The summed E-state index contributed by atoms with van der Waals surface area (Å²) in [7, 11) is 1.53. The predicted octanol–water partition coefficient (Wildman–Crippen LogP) is 5.49. The number of nitrogens with zero attached hydrogens (tertiary/aromatic N) is 1. The lowest BCUT2D eigenvalue weighted by Crippen LogP contribution is -2.29. The summed E-state index contributed by atoms with van der Waals surface area (Å²) in [5.41, 5.74) is 2.04. The molecule has 7 heteroatoms. The SMILES string of the molecule is COc1cc(C2C(=C(O)c3ccccc3)C(=O)C(=O)N2Cc2ccco2)ccc1OCc1ccccc1. The normalized spacial score (nSPS) is 16.7. The summed E-state index contributed by atoms with van der Waals surface area (Å²) in [5.74, 6) is -0.253. The number of hydrogen-bond donors (Lipinski definition) is 1. The van der Waals surface area contributed by atoms with Gasteiger partial charge in [0, 0.05) is 5.56 Å². The largest absolute Gasteiger partial charge is 0.507 e. The van der Waals surface area contributed by atoms with Gasteiger partial charge in [-0.05, 0) is 35.4 Å². The summed E-state index contributed by atoms with van der Waals surface area (Å²) >= 11 is 0. The molecule has 4 aromatic rings. The molecule has 1 unspecified atom stereocenters. The molecule has 0 saturated carbocycles. The topological polar surface area (TPSA) is 89.2 Å². The number of aliphatic hydroxyl groups excluding tert-OH is 1. The maximum absolute atomic E-state index is 13.2. The van der Waals surface area contributed by atoms with Crippen molar-refractivity contribution >= 4 is 17.4 Å². The quantitative estimate of drug-likeness (QED) is 0.198. The Morgan fingerprint density at radius 1 is 0.919 bits per heavy atom. The third kappa shape index (κ3) is 4.84. The number of methoxy groups -OCH3 is 1. The van der Waals surface area contributed by atoms with Gasteiger partial charge in [-0.25, -0.2) is 0 Å². The molecule has 1 saturated heterocycles. The van der Waals surface area contributed by atoms with Gasteiger partial charge in [-0.15, -0.1) is 0 Å². The number of ketones is 1. The Kier molecular flexibility index (Phi) is 6.76. The van der Waals surface area contributed by atoms with Gasteiger partial charge in [-0.1, -0.05) is 66.7 Å². The van der Waals surface area contributed by atoms with E-state index in [0.717, 1.165) is 5.56 Å². The molecule has 1 amide bonds. The lowest BCUT2D eigenvalue weighted by Gasteiger charge is -2.25. The molecule has 1 aliphatic rings. The number of rotatable bonds is 8. The van der Waals surface area contributed by atoms with Crippen molar-refractivity contribution < 1.29 is 28.6 Å². The number of benzene rings is 3. The van der Waals surface area contributed by atoms with Crippen molar-refractivity contribution in [3.63, 3.8) is 0 Å². The molecule has 2 heterocycles. The number of hydrogen-bond acceptors (Lipinski definition) is 6. The van der Waals surface area contributed by atoms with E-state index in [9.17, 15) is 14.7 Å². The Morgan fingerprint density at radius 2 is 1.65 bits per heavy atom. The Hall–Kier alpha value is -4.78. The fraction of sp³-hybridized carbons (Fsp3) is 0.133. The molecule has 1 aliphatic heterocycles. The van der Waals surface area contributed by atoms with Crippen LogP contribution in [0.25, 0.3) is 5.76 Å². The molecule has 1 atom stereocenters. The first-order valence-electron chi connectivity index (χ1n) is 11.8. The van der Waals surface area contributed by atoms with E-state index in [4.69, 9.17) is 13.9 Å². The second-order valence-corrected chi connectivity index (χ2v) is 8.56. The zero-order valence-electron chi connectivity index (χ0n) is 20.2. The van der Waals surface area contributed by atoms with Gasteiger partial charge in [-0.2, -0.15) is 0 Å². The third-order valence-electron chi connectivity index (χ3n) is 6.23. The Labute approximate surface area is 214 Å². The average Bonchev–Trinajstić information content (AvgIpc) is 3.55. The van der Waals surface area contributed by atoms with E-state index < -0.39 is 17.7 Å². The molecule has 186 valence electrons. The van der Waals surface area contributed by atoms with Crippen LogP contribution in [0.1, 0.15) is 28.5 Å². The van der Waals surface area contributed by atoms with Crippen LogP contribution in [0.15, 0.2) is 107 Å². The highest BCUT2D eigenvalue weighted by Crippen LogP contribution is 2.42. The van der Waals surface area contributed by atoms with Crippen molar-refractivity contribution in [2.45, 2.75) is 19.2 Å². The van der Waals surface area contributed by atoms with Gasteiger partial charge in [0.15, 0.2) is 11.5 Å². The van der Waals surface area contributed by atoms with Crippen molar-refractivity contribution in [2.24, 2.45) is 0 Å². The van der Waals surface area contributed by atoms with Gasteiger partial charge in [0.2, 0.25) is 0 Å². The molecule has 37 heavy (non-hydrogen) atoms. The zero-order valence-corrected chi connectivity index (χ0v) is 20.2. The van der Waals surface area contributed by atoms with Crippen LogP contribution in [-0.4, -0.2) is 28.8 Å². The summed E-state index contributed by atoms with van der Waals surface area (Å²) in [6.45, 7) is 0.407. The van der Waals surface area contributed by atoms with Gasteiger partial charge < -0.3 is 23.9 Å². The fourth-order valence-electron chi connectivity index (χ4n) is 4.42. The number of carbonyl (C=O) groups excluding carboxylic acids is 2. The molecular formula is C30H25NO6. The lowest BCUT2D eigenvalue weighted by molar-refractivity contribution is -0.140. The van der Waals surface area contributed by atoms with Crippen molar-refractivity contribution in [2.75, 3.05) is 7.11 Å². The van der Waals surface area contributed by atoms with E-state index in [1.165, 1.54) is 18.3 Å². The highest BCUT2D eigenvalue weighted by Gasteiger charge is 2.46. The van der Waals surface area contributed by atoms with Crippen molar-refractivity contribution in [3.05, 3.63) is 125 Å². The zero-order chi connectivity index (χ0) is 25.8. The molecule has 0 bridgehead atoms. The summed E-state index contributed by atoms with van der Waals surface area (Å²) in [5, 5.41) is 11.2. The number of likely N-dealkylation sites (tertiary alicyclic amines) is 1. The highest BCUT2D eigenvalue weighted by molar-refractivity contribution is 6.46. The summed E-state index contributed by atoms with van der Waals surface area (Å²) in [4.78, 5) is 27.8. The Bertz CT molecular complexity index is 1430.